The number of methoxy groups -OCH3 is 1. The number of carbonyl (C=O) groups is 2. The van der Waals surface area contributed by atoms with Crippen molar-refractivity contribution in [3.8, 4) is 5.75 Å². The molecule has 2 N–H and O–H groups in total. The molecule has 0 saturated carbocycles. The summed E-state index contributed by atoms with van der Waals surface area (Å²) in [5.41, 5.74) is 0.671. The van der Waals surface area contributed by atoms with E-state index in [1.54, 1.807) is 36.5 Å². The zero-order valence-electron chi connectivity index (χ0n) is 11.4. The topological polar surface area (TPSA) is 79.5 Å². The molecule has 2 rings (SSSR count). The van der Waals surface area contributed by atoms with E-state index in [9.17, 15) is 14.7 Å². The van der Waals surface area contributed by atoms with Gasteiger partial charge in [-0.3, -0.25) is 4.79 Å². The second-order valence-electron chi connectivity index (χ2n) is 4.32. The highest BCUT2D eigenvalue weighted by Gasteiger charge is 2.15. The summed E-state index contributed by atoms with van der Waals surface area (Å²) in [5.74, 6) is -0.766. The molecule has 108 valence electrons. The molecule has 0 spiro atoms. The molecular weight excluding hydrogens is 272 g/mol. The molecule has 0 atom stereocenters. The SMILES string of the molecule is COC(=O)c1ccccc1NC(=O)C[n+]1cccc(O)c1. The number of hydrogen-bond acceptors (Lipinski definition) is 4. The molecule has 1 heterocycles. The van der Waals surface area contributed by atoms with Gasteiger partial charge in [0.15, 0.2) is 11.9 Å². The Kier molecular flexibility index (Phi) is 4.50. The van der Waals surface area contributed by atoms with E-state index >= 15 is 0 Å². The maximum atomic E-state index is 12.0. The van der Waals surface area contributed by atoms with E-state index in [2.05, 4.69) is 10.1 Å². The molecule has 0 fully saturated rings. The fourth-order valence-corrected chi connectivity index (χ4v) is 1.84. The van der Waals surface area contributed by atoms with Crippen molar-refractivity contribution in [2.24, 2.45) is 0 Å². The average Bonchev–Trinajstić information content (AvgIpc) is 2.47. The maximum absolute atomic E-state index is 12.0. The van der Waals surface area contributed by atoms with Gasteiger partial charge in [0.05, 0.1) is 18.4 Å². The van der Waals surface area contributed by atoms with Crippen LogP contribution in [0.25, 0.3) is 0 Å². The van der Waals surface area contributed by atoms with Crippen LogP contribution in [-0.4, -0.2) is 24.1 Å². The predicted octanol–water partition coefficient (Wildman–Crippen LogP) is 1.10. The van der Waals surface area contributed by atoms with Crippen molar-refractivity contribution in [1.29, 1.82) is 0 Å². The second-order valence-corrected chi connectivity index (χ2v) is 4.32. The smallest absolute Gasteiger partial charge is 0.339 e. The molecule has 0 aliphatic heterocycles. The number of nitrogens with one attached hydrogen (secondary N) is 1. The molecule has 0 saturated heterocycles. The van der Waals surface area contributed by atoms with Crippen LogP contribution < -0.4 is 9.88 Å². The number of esters is 1. The van der Waals surface area contributed by atoms with Gasteiger partial charge in [-0.25, -0.2) is 4.79 Å². The van der Waals surface area contributed by atoms with Crippen LogP contribution in [0.5, 0.6) is 5.75 Å². The largest absolute Gasteiger partial charge is 0.503 e. The molecule has 1 amide bonds. The van der Waals surface area contributed by atoms with Crippen LogP contribution in [0.4, 0.5) is 5.69 Å². The van der Waals surface area contributed by atoms with Crippen LogP contribution >= 0.6 is 0 Å². The number of benzene rings is 1. The van der Waals surface area contributed by atoms with Gasteiger partial charge in [-0.15, -0.1) is 0 Å². The molecular formula is C15H15N2O4+. The number of pyridine rings is 1. The number of hydrogen-bond donors (Lipinski definition) is 2. The van der Waals surface area contributed by atoms with Crippen LogP contribution in [0.3, 0.4) is 0 Å². The zero-order valence-corrected chi connectivity index (χ0v) is 11.4. The number of anilines is 1. The van der Waals surface area contributed by atoms with Crippen LogP contribution in [0, 0.1) is 0 Å². The Morgan fingerprint density at radius 3 is 2.71 bits per heavy atom. The number of rotatable bonds is 4. The van der Waals surface area contributed by atoms with E-state index < -0.39 is 5.97 Å². The van der Waals surface area contributed by atoms with E-state index in [0.29, 0.717) is 5.69 Å². The molecule has 2 aromatic rings. The normalized spacial score (nSPS) is 9.95. The first-order chi connectivity index (χ1) is 10.1. The molecule has 0 aliphatic rings. The van der Waals surface area contributed by atoms with E-state index in [-0.39, 0.29) is 23.8 Å². The molecule has 0 bridgehead atoms. The summed E-state index contributed by atoms with van der Waals surface area (Å²) in [4.78, 5) is 23.6. The van der Waals surface area contributed by atoms with Gasteiger partial charge in [0.1, 0.15) is 0 Å². The number of carbonyl (C=O) groups excluding carboxylic acids is 2. The Bertz CT molecular complexity index is 670. The number of para-hydroxylation sites is 1. The summed E-state index contributed by atoms with van der Waals surface area (Å²) < 4.78 is 6.20. The van der Waals surface area contributed by atoms with Crippen molar-refractivity contribution in [3.05, 3.63) is 54.4 Å². The van der Waals surface area contributed by atoms with Crippen LogP contribution in [0.15, 0.2) is 48.8 Å². The Morgan fingerprint density at radius 1 is 1.24 bits per heavy atom. The van der Waals surface area contributed by atoms with Gasteiger partial charge in [0.2, 0.25) is 12.7 Å². The molecule has 6 heteroatoms. The van der Waals surface area contributed by atoms with Crippen molar-refractivity contribution < 1.29 is 24.0 Å². The third kappa shape index (κ3) is 3.79. The monoisotopic (exact) mass is 287 g/mol. The van der Waals surface area contributed by atoms with Crippen molar-refractivity contribution in [2.45, 2.75) is 6.54 Å². The van der Waals surface area contributed by atoms with E-state index in [4.69, 9.17) is 0 Å². The van der Waals surface area contributed by atoms with Gasteiger partial charge in [0, 0.05) is 6.07 Å². The minimum Gasteiger partial charge on any atom is -0.503 e. The van der Waals surface area contributed by atoms with Crippen LogP contribution in [0.1, 0.15) is 10.4 Å². The third-order valence-electron chi connectivity index (χ3n) is 2.78. The average molecular weight is 287 g/mol. The Hall–Kier alpha value is -2.89. The minimum absolute atomic E-state index is 0.0178. The lowest BCUT2D eigenvalue weighted by molar-refractivity contribution is -0.684. The number of amides is 1. The van der Waals surface area contributed by atoms with Crippen LogP contribution in [0.2, 0.25) is 0 Å². The second kappa shape index (κ2) is 6.51. The number of ether oxygens (including phenoxy) is 1. The number of aromatic nitrogens is 1. The van der Waals surface area contributed by atoms with Gasteiger partial charge in [0.25, 0.3) is 5.91 Å². The first-order valence-corrected chi connectivity index (χ1v) is 6.25. The molecule has 1 aromatic heterocycles. The van der Waals surface area contributed by atoms with Gasteiger partial charge in [-0.2, -0.15) is 4.57 Å². The summed E-state index contributed by atoms with van der Waals surface area (Å²) in [6.07, 6.45) is 3.09. The summed E-state index contributed by atoms with van der Waals surface area (Å²) in [7, 11) is 1.28. The molecule has 0 aliphatic carbocycles. The lowest BCUT2D eigenvalue weighted by atomic mass is 10.2. The van der Waals surface area contributed by atoms with E-state index in [1.807, 2.05) is 0 Å². The first-order valence-electron chi connectivity index (χ1n) is 6.25. The fraction of sp³-hybridized carbons (Fsp3) is 0.133. The van der Waals surface area contributed by atoms with Crippen molar-refractivity contribution in [1.82, 2.24) is 0 Å². The lowest BCUT2D eigenvalue weighted by Crippen LogP contribution is -2.39. The highest BCUT2D eigenvalue weighted by molar-refractivity contribution is 6.00. The first kappa shape index (κ1) is 14.5. The summed E-state index contributed by atoms with van der Waals surface area (Å²) >= 11 is 0. The van der Waals surface area contributed by atoms with E-state index in [1.165, 1.54) is 23.9 Å². The van der Waals surface area contributed by atoms with E-state index in [0.717, 1.165) is 0 Å². The minimum atomic E-state index is -0.518. The molecule has 21 heavy (non-hydrogen) atoms. The number of nitrogens with zero attached hydrogens (tertiary/aromatic N) is 1. The molecule has 0 radical (unpaired) electrons. The van der Waals surface area contributed by atoms with Gasteiger partial charge < -0.3 is 15.2 Å². The van der Waals surface area contributed by atoms with Crippen LogP contribution in [-0.2, 0) is 16.1 Å². The molecule has 0 unspecified atom stereocenters. The van der Waals surface area contributed by atoms with Crippen molar-refractivity contribution >= 4 is 17.6 Å². The van der Waals surface area contributed by atoms with Gasteiger partial charge >= 0.3 is 5.97 Å². The predicted molar refractivity (Wildman–Crippen MR) is 74.7 cm³/mol. The highest BCUT2D eigenvalue weighted by Crippen LogP contribution is 2.15. The van der Waals surface area contributed by atoms with Crippen molar-refractivity contribution in [3.63, 3.8) is 0 Å². The van der Waals surface area contributed by atoms with Gasteiger partial charge in [-0.1, -0.05) is 12.1 Å². The summed E-state index contributed by atoms with van der Waals surface area (Å²) in [5, 5.41) is 12.0. The molecule has 6 nitrogen and oxygen atoms in total. The summed E-state index contributed by atoms with van der Waals surface area (Å²) in [6.45, 7) is 0.0178. The Balaban J connectivity index is 2.11. The standard InChI is InChI=1S/C15H14N2O4/c1-21-15(20)12-6-2-3-7-13(12)16-14(19)10-17-8-4-5-11(18)9-17/h2-9H,10H2,1H3,(H-,16,18,19,20)/p+1. The Labute approximate surface area is 121 Å². The fourth-order valence-electron chi connectivity index (χ4n) is 1.84. The quantitative estimate of drug-likeness (QED) is 0.652. The molecule has 1 aromatic carbocycles. The van der Waals surface area contributed by atoms with Crippen molar-refractivity contribution in [2.75, 3.05) is 12.4 Å². The third-order valence-corrected chi connectivity index (χ3v) is 2.78. The maximum Gasteiger partial charge on any atom is 0.339 e. The highest BCUT2D eigenvalue weighted by atomic mass is 16.5. The zero-order chi connectivity index (χ0) is 15.2. The lowest BCUT2D eigenvalue weighted by Gasteiger charge is -2.08. The number of aromatic hydroxyl groups is 1. The summed E-state index contributed by atoms with van der Waals surface area (Å²) in [6, 6.07) is 9.74. The Morgan fingerprint density at radius 2 is 2.00 bits per heavy atom. The van der Waals surface area contributed by atoms with Gasteiger partial charge in [-0.05, 0) is 18.2 Å².